The van der Waals surface area contributed by atoms with E-state index in [-0.39, 0.29) is 17.9 Å². The predicted octanol–water partition coefficient (Wildman–Crippen LogP) is 0.817. The van der Waals surface area contributed by atoms with Crippen LogP contribution in [0, 0.1) is 11.8 Å². The maximum Gasteiger partial charge on any atom is 0.244 e. The molecule has 2 N–H and O–H groups in total. The van der Waals surface area contributed by atoms with Gasteiger partial charge in [0.2, 0.25) is 11.8 Å². The Kier molecular flexibility index (Phi) is 3.59. The molecule has 0 aromatic heterocycles. The Labute approximate surface area is 96.2 Å². The normalized spacial score (nSPS) is 35.2. The molecule has 1 heterocycles. The van der Waals surface area contributed by atoms with Crippen LogP contribution in [-0.4, -0.2) is 24.4 Å². The van der Waals surface area contributed by atoms with Crippen molar-refractivity contribution in [3.05, 3.63) is 0 Å². The number of carbonyl (C=O) groups is 2. The Morgan fingerprint density at radius 3 is 2.69 bits per heavy atom. The van der Waals surface area contributed by atoms with Crippen molar-refractivity contribution in [2.75, 3.05) is 6.54 Å². The molecule has 3 atom stereocenters. The van der Waals surface area contributed by atoms with Gasteiger partial charge in [-0.1, -0.05) is 26.2 Å². The second kappa shape index (κ2) is 4.95. The summed E-state index contributed by atoms with van der Waals surface area (Å²) in [5.41, 5.74) is 0. The summed E-state index contributed by atoms with van der Waals surface area (Å²) in [6.07, 6.45) is 5.48. The molecular formula is C12H20N2O2. The molecule has 4 nitrogen and oxygen atoms in total. The minimum absolute atomic E-state index is 0.154. The molecular weight excluding hydrogens is 204 g/mol. The van der Waals surface area contributed by atoms with Gasteiger partial charge in [-0.05, 0) is 24.8 Å². The number of carbonyl (C=O) groups excluding carboxylic acids is 2. The summed E-state index contributed by atoms with van der Waals surface area (Å²) in [4.78, 5) is 22.4. The summed E-state index contributed by atoms with van der Waals surface area (Å²) < 4.78 is 0. The molecule has 1 aliphatic heterocycles. The molecule has 0 radical (unpaired) electrons. The highest BCUT2D eigenvalue weighted by Gasteiger charge is 2.31. The second-order valence-corrected chi connectivity index (χ2v) is 5.10. The summed E-state index contributed by atoms with van der Waals surface area (Å²) in [5, 5.41) is 5.55. The van der Waals surface area contributed by atoms with Crippen LogP contribution in [0.3, 0.4) is 0 Å². The fourth-order valence-electron chi connectivity index (χ4n) is 2.71. The van der Waals surface area contributed by atoms with Gasteiger partial charge in [0.15, 0.2) is 0 Å². The molecule has 1 saturated carbocycles. The lowest BCUT2D eigenvalue weighted by molar-refractivity contribution is -0.125. The van der Waals surface area contributed by atoms with E-state index in [9.17, 15) is 9.59 Å². The van der Waals surface area contributed by atoms with Crippen LogP contribution in [0.2, 0.25) is 0 Å². The molecule has 2 fully saturated rings. The van der Waals surface area contributed by atoms with E-state index in [1.807, 2.05) is 0 Å². The first-order valence-corrected chi connectivity index (χ1v) is 6.24. The van der Waals surface area contributed by atoms with Crippen molar-refractivity contribution < 1.29 is 9.59 Å². The number of amides is 2. The van der Waals surface area contributed by atoms with Gasteiger partial charge in [-0.25, -0.2) is 0 Å². The lowest BCUT2D eigenvalue weighted by Gasteiger charge is -2.29. The summed E-state index contributed by atoms with van der Waals surface area (Å²) in [6.45, 7) is 3.15. The fourth-order valence-corrected chi connectivity index (χ4v) is 2.71. The van der Waals surface area contributed by atoms with Gasteiger partial charge >= 0.3 is 0 Å². The highest BCUT2D eigenvalue weighted by atomic mass is 16.2. The van der Waals surface area contributed by atoms with Gasteiger partial charge in [-0.3, -0.25) is 14.9 Å². The molecule has 0 spiro atoms. The number of nitrogens with one attached hydrogen (secondary N) is 2. The first-order valence-electron chi connectivity index (χ1n) is 6.24. The van der Waals surface area contributed by atoms with Gasteiger partial charge in [-0.2, -0.15) is 0 Å². The van der Waals surface area contributed by atoms with E-state index in [0.29, 0.717) is 12.3 Å². The van der Waals surface area contributed by atoms with Crippen molar-refractivity contribution in [2.24, 2.45) is 11.8 Å². The van der Waals surface area contributed by atoms with Gasteiger partial charge in [-0.15, -0.1) is 0 Å². The van der Waals surface area contributed by atoms with Crippen LogP contribution in [0.25, 0.3) is 0 Å². The van der Waals surface area contributed by atoms with Crippen LogP contribution in [0.5, 0.6) is 0 Å². The van der Waals surface area contributed by atoms with E-state index in [0.717, 1.165) is 12.5 Å². The number of hydrogen-bond donors (Lipinski definition) is 2. The highest BCUT2D eigenvalue weighted by Crippen LogP contribution is 2.29. The Hall–Kier alpha value is -0.900. The number of imide groups is 1. The van der Waals surface area contributed by atoms with Crippen LogP contribution in [0.1, 0.15) is 39.0 Å². The van der Waals surface area contributed by atoms with Crippen LogP contribution < -0.4 is 10.6 Å². The van der Waals surface area contributed by atoms with E-state index in [2.05, 4.69) is 17.6 Å². The second-order valence-electron chi connectivity index (χ2n) is 5.10. The van der Waals surface area contributed by atoms with Crippen LogP contribution >= 0.6 is 0 Å². The van der Waals surface area contributed by atoms with Gasteiger partial charge in [0.1, 0.15) is 0 Å². The van der Waals surface area contributed by atoms with Crippen LogP contribution in [0.4, 0.5) is 0 Å². The zero-order valence-electron chi connectivity index (χ0n) is 9.79. The Balaban J connectivity index is 1.78. The molecule has 90 valence electrons. The molecule has 0 aromatic carbocycles. The van der Waals surface area contributed by atoms with Gasteiger partial charge < -0.3 is 5.32 Å². The van der Waals surface area contributed by atoms with Gasteiger partial charge in [0, 0.05) is 0 Å². The quantitative estimate of drug-likeness (QED) is 0.698. The SMILES string of the molecule is CC1CCCCC1CNC1CC(=O)NC1=O. The minimum Gasteiger partial charge on any atom is -0.305 e. The average Bonchev–Trinajstić information content (AvgIpc) is 2.56. The van der Waals surface area contributed by atoms with Crippen molar-refractivity contribution >= 4 is 11.8 Å². The van der Waals surface area contributed by atoms with E-state index in [1.54, 1.807) is 0 Å². The third-order valence-corrected chi connectivity index (χ3v) is 3.88. The summed E-state index contributed by atoms with van der Waals surface area (Å²) in [5.74, 6) is 1.09. The minimum atomic E-state index is -0.290. The lowest BCUT2D eigenvalue weighted by Crippen LogP contribution is -2.40. The summed E-state index contributed by atoms with van der Waals surface area (Å²) >= 11 is 0. The third kappa shape index (κ3) is 2.61. The zero-order valence-corrected chi connectivity index (χ0v) is 9.79. The van der Waals surface area contributed by atoms with E-state index in [4.69, 9.17) is 0 Å². The maximum absolute atomic E-state index is 11.3. The van der Waals surface area contributed by atoms with E-state index >= 15 is 0 Å². The highest BCUT2D eigenvalue weighted by molar-refractivity contribution is 6.05. The molecule has 2 amide bonds. The Bertz CT molecular complexity index is 291. The molecule has 1 saturated heterocycles. The zero-order chi connectivity index (χ0) is 11.5. The van der Waals surface area contributed by atoms with Crippen molar-refractivity contribution in [1.82, 2.24) is 10.6 Å². The Morgan fingerprint density at radius 2 is 2.06 bits per heavy atom. The van der Waals surface area contributed by atoms with Gasteiger partial charge in [0.25, 0.3) is 0 Å². The molecule has 1 aliphatic carbocycles. The first-order chi connectivity index (χ1) is 7.66. The molecule has 0 bridgehead atoms. The average molecular weight is 224 g/mol. The third-order valence-electron chi connectivity index (χ3n) is 3.88. The molecule has 3 unspecified atom stereocenters. The van der Waals surface area contributed by atoms with E-state index in [1.165, 1.54) is 25.7 Å². The number of rotatable bonds is 3. The number of hydrogen-bond acceptors (Lipinski definition) is 3. The fraction of sp³-hybridized carbons (Fsp3) is 0.833. The van der Waals surface area contributed by atoms with Crippen molar-refractivity contribution in [1.29, 1.82) is 0 Å². The van der Waals surface area contributed by atoms with Crippen molar-refractivity contribution in [3.8, 4) is 0 Å². The maximum atomic E-state index is 11.3. The molecule has 16 heavy (non-hydrogen) atoms. The standard InChI is InChI=1S/C12H20N2O2/c1-8-4-2-3-5-9(8)7-13-10-6-11(15)14-12(10)16/h8-10,13H,2-7H2,1H3,(H,14,15,16). The smallest absolute Gasteiger partial charge is 0.244 e. The predicted molar refractivity (Wildman–Crippen MR) is 60.7 cm³/mol. The van der Waals surface area contributed by atoms with Gasteiger partial charge in [0.05, 0.1) is 12.5 Å². The van der Waals surface area contributed by atoms with E-state index < -0.39 is 0 Å². The van der Waals surface area contributed by atoms with Crippen LogP contribution in [-0.2, 0) is 9.59 Å². The van der Waals surface area contributed by atoms with Crippen molar-refractivity contribution in [3.63, 3.8) is 0 Å². The summed E-state index contributed by atoms with van der Waals surface area (Å²) in [6, 6.07) is -0.290. The Morgan fingerprint density at radius 1 is 1.31 bits per heavy atom. The van der Waals surface area contributed by atoms with Crippen LogP contribution in [0.15, 0.2) is 0 Å². The van der Waals surface area contributed by atoms with Crippen molar-refractivity contribution in [2.45, 2.75) is 45.1 Å². The molecule has 2 aliphatic rings. The summed E-state index contributed by atoms with van der Waals surface area (Å²) in [7, 11) is 0. The largest absolute Gasteiger partial charge is 0.305 e. The molecule has 2 rings (SSSR count). The molecule has 0 aromatic rings. The topological polar surface area (TPSA) is 58.2 Å². The monoisotopic (exact) mass is 224 g/mol. The lowest BCUT2D eigenvalue weighted by atomic mass is 9.80. The first kappa shape index (κ1) is 11.6. The molecule has 4 heteroatoms.